The first kappa shape index (κ1) is 15.6. The van der Waals surface area contributed by atoms with Crippen LogP contribution in [-0.4, -0.2) is 38.6 Å². The third kappa shape index (κ3) is 4.98. The van der Waals surface area contributed by atoms with E-state index in [1.807, 2.05) is 0 Å². The molecule has 1 aromatic rings. The minimum atomic E-state index is -3.70. The van der Waals surface area contributed by atoms with E-state index in [0.29, 0.717) is 13.0 Å². The van der Waals surface area contributed by atoms with E-state index in [9.17, 15) is 13.2 Å². The monoisotopic (exact) mass is 286 g/mol. The van der Waals surface area contributed by atoms with Gasteiger partial charge in [-0.15, -0.1) is 0 Å². The van der Waals surface area contributed by atoms with Gasteiger partial charge < -0.3 is 10.4 Å². The van der Waals surface area contributed by atoms with Gasteiger partial charge in [-0.3, -0.25) is 4.79 Å². The summed E-state index contributed by atoms with van der Waals surface area (Å²) in [5.74, 6) is -0.423. The number of amides is 1. The number of rotatable bonds is 7. The summed E-state index contributed by atoms with van der Waals surface area (Å²) in [6.07, 6.45) is 0.434. The number of sulfonamides is 1. The van der Waals surface area contributed by atoms with Crippen LogP contribution in [0.3, 0.4) is 0 Å². The molecule has 1 amide bonds. The minimum absolute atomic E-state index is 0.0234. The van der Waals surface area contributed by atoms with E-state index in [0.717, 1.165) is 0 Å². The molecule has 1 aromatic carbocycles. The molecule has 0 aromatic heterocycles. The molecular weight excluding hydrogens is 268 g/mol. The molecule has 0 aliphatic carbocycles. The Kier molecular flexibility index (Phi) is 5.94. The summed E-state index contributed by atoms with van der Waals surface area (Å²) >= 11 is 0. The Morgan fingerprint density at radius 1 is 1.32 bits per heavy atom. The van der Waals surface area contributed by atoms with Crippen LogP contribution in [0.15, 0.2) is 35.2 Å². The van der Waals surface area contributed by atoms with Crippen LogP contribution >= 0.6 is 0 Å². The largest absolute Gasteiger partial charge is 0.396 e. The highest BCUT2D eigenvalue weighted by Crippen LogP contribution is 2.07. The van der Waals surface area contributed by atoms with Crippen LogP contribution in [0.1, 0.15) is 13.3 Å². The lowest BCUT2D eigenvalue weighted by atomic mass is 10.3. The van der Waals surface area contributed by atoms with Crippen molar-refractivity contribution in [2.75, 3.05) is 13.2 Å². The maximum atomic E-state index is 11.9. The van der Waals surface area contributed by atoms with Crippen molar-refractivity contribution in [2.24, 2.45) is 0 Å². The second-order valence-electron chi connectivity index (χ2n) is 4.02. The molecule has 0 aliphatic heterocycles. The average Bonchev–Trinajstić information content (AvgIpc) is 2.39. The molecule has 0 saturated heterocycles. The fourth-order valence-electron chi connectivity index (χ4n) is 1.40. The van der Waals surface area contributed by atoms with E-state index >= 15 is 0 Å². The van der Waals surface area contributed by atoms with Crippen LogP contribution in [0.5, 0.6) is 0 Å². The lowest BCUT2D eigenvalue weighted by Gasteiger charge is -2.14. The first-order valence-corrected chi connectivity index (χ1v) is 7.41. The molecule has 0 saturated carbocycles. The van der Waals surface area contributed by atoms with Gasteiger partial charge in [0.15, 0.2) is 0 Å². The molecule has 0 radical (unpaired) electrons. The van der Waals surface area contributed by atoms with Crippen LogP contribution in [0.2, 0.25) is 0 Å². The molecule has 0 spiro atoms. The van der Waals surface area contributed by atoms with E-state index < -0.39 is 22.0 Å². The zero-order valence-corrected chi connectivity index (χ0v) is 11.5. The van der Waals surface area contributed by atoms with Crippen molar-refractivity contribution in [3.63, 3.8) is 0 Å². The van der Waals surface area contributed by atoms with Crippen molar-refractivity contribution in [1.82, 2.24) is 10.0 Å². The predicted molar refractivity (Wildman–Crippen MR) is 70.9 cm³/mol. The minimum Gasteiger partial charge on any atom is -0.396 e. The molecule has 3 N–H and O–H groups in total. The Morgan fingerprint density at radius 3 is 2.53 bits per heavy atom. The lowest BCUT2D eigenvalue weighted by molar-refractivity contribution is -0.122. The molecule has 1 atom stereocenters. The third-order valence-electron chi connectivity index (χ3n) is 2.41. The number of hydrogen-bond donors (Lipinski definition) is 3. The second kappa shape index (κ2) is 7.22. The van der Waals surface area contributed by atoms with Crippen LogP contribution in [-0.2, 0) is 14.8 Å². The Labute approximate surface area is 112 Å². The van der Waals surface area contributed by atoms with E-state index in [1.54, 1.807) is 18.2 Å². The van der Waals surface area contributed by atoms with Gasteiger partial charge in [-0.05, 0) is 25.5 Å². The maximum absolute atomic E-state index is 11.9. The summed E-state index contributed by atoms with van der Waals surface area (Å²) in [4.78, 5) is 11.7. The number of hydrogen-bond acceptors (Lipinski definition) is 4. The molecule has 7 heteroatoms. The quantitative estimate of drug-likeness (QED) is 0.608. The first-order valence-electron chi connectivity index (χ1n) is 5.93. The van der Waals surface area contributed by atoms with Gasteiger partial charge in [-0.2, -0.15) is 4.72 Å². The molecule has 106 valence electrons. The Balaban J connectivity index is 2.61. The molecule has 0 fully saturated rings. The molecule has 19 heavy (non-hydrogen) atoms. The predicted octanol–water partition coefficient (Wildman–Crippen LogP) is -0.148. The van der Waals surface area contributed by atoms with E-state index in [2.05, 4.69) is 10.0 Å². The van der Waals surface area contributed by atoms with Gasteiger partial charge in [0, 0.05) is 13.2 Å². The first-order chi connectivity index (χ1) is 8.97. The molecule has 0 aliphatic rings. The molecule has 0 unspecified atom stereocenters. The fourth-order valence-corrected chi connectivity index (χ4v) is 2.62. The molecular formula is C12H18N2O4S. The van der Waals surface area contributed by atoms with Crippen molar-refractivity contribution in [3.8, 4) is 0 Å². The topological polar surface area (TPSA) is 95.5 Å². The summed E-state index contributed by atoms with van der Waals surface area (Å²) in [5.41, 5.74) is 0. The van der Waals surface area contributed by atoms with Gasteiger partial charge >= 0.3 is 0 Å². The van der Waals surface area contributed by atoms with E-state index in [1.165, 1.54) is 19.1 Å². The number of benzene rings is 1. The Bertz CT molecular complexity index is 502. The summed E-state index contributed by atoms with van der Waals surface area (Å²) in [6, 6.07) is 6.98. The Hall–Kier alpha value is -1.44. The van der Waals surface area contributed by atoms with Crippen molar-refractivity contribution in [2.45, 2.75) is 24.3 Å². The van der Waals surface area contributed by atoms with Crippen LogP contribution < -0.4 is 10.0 Å². The number of aliphatic hydroxyl groups excluding tert-OH is 1. The summed E-state index contributed by atoms with van der Waals surface area (Å²) < 4.78 is 26.2. The second-order valence-corrected chi connectivity index (χ2v) is 5.74. The van der Waals surface area contributed by atoms with Crippen molar-refractivity contribution < 1.29 is 18.3 Å². The van der Waals surface area contributed by atoms with E-state index in [-0.39, 0.29) is 11.5 Å². The SMILES string of the molecule is C[C@H](NS(=O)(=O)c1ccccc1)C(=O)NCCCO. The fraction of sp³-hybridized carbons (Fsp3) is 0.417. The van der Waals surface area contributed by atoms with Gasteiger partial charge in [-0.1, -0.05) is 18.2 Å². The molecule has 6 nitrogen and oxygen atoms in total. The normalized spacial score (nSPS) is 12.9. The van der Waals surface area contributed by atoms with Gasteiger partial charge in [0.1, 0.15) is 0 Å². The number of nitrogens with one attached hydrogen (secondary N) is 2. The molecule has 0 bridgehead atoms. The Morgan fingerprint density at radius 2 is 1.95 bits per heavy atom. The average molecular weight is 286 g/mol. The number of carbonyl (C=O) groups is 1. The van der Waals surface area contributed by atoms with Crippen molar-refractivity contribution in [1.29, 1.82) is 0 Å². The third-order valence-corrected chi connectivity index (χ3v) is 3.97. The van der Waals surface area contributed by atoms with Gasteiger partial charge in [0.05, 0.1) is 10.9 Å². The van der Waals surface area contributed by atoms with Crippen LogP contribution in [0.4, 0.5) is 0 Å². The number of aliphatic hydroxyl groups is 1. The standard InChI is InChI=1S/C12H18N2O4S/c1-10(12(16)13-8-5-9-15)14-19(17,18)11-6-3-2-4-7-11/h2-4,6-7,10,14-15H,5,8-9H2,1H3,(H,13,16)/t10-/m0/s1. The molecule has 1 rings (SSSR count). The van der Waals surface area contributed by atoms with Crippen LogP contribution in [0, 0.1) is 0 Å². The highest BCUT2D eigenvalue weighted by Gasteiger charge is 2.21. The van der Waals surface area contributed by atoms with E-state index in [4.69, 9.17) is 5.11 Å². The summed E-state index contributed by atoms with van der Waals surface area (Å²) in [6.45, 7) is 1.76. The maximum Gasteiger partial charge on any atom is 0.241 e. The van der Waals surface area contributed by atoms with Gasteiger partial charge in [-0.25, -0.2) is 8.42 Å². The van der Waals surface area contributed by atoms with Crippen molar-refractivity contribution >= 4 is 15.9 Å². The lowest BCUT2D eigenvalue weighted by Crippen LogP contribution is -2.45. The zero-order valence-electron chi connectivity index (χ0n) is 10.7. The van der Waals surface area contributed by atoms with Gasteiger partial charge in [0.25, 0.3) is 0 Å². The highest BCUT2D eigenvalue weighted by molar-refractivity contribution is 7.89. The number of carbonyl (C=O) groups excluding carboxylic acids is 1. The molecule has 0 heterocycles. The van der Waals surface area contributed by atoms with Gasteiger partial charge in [0.2, 0.25) is 15.9 Å². The van der Waals surface area contributed by atoms with Crippen LogP contribution in [0.25, 0.3) is 0 Å². The highest BCUT2D eigenvalue weighted by atomic mass is 32.2. The van der Waals surface area contributed by atoms with Crippen molar-refractivity contribution in [3.05, 3.63) is 30.3 Å². The summed E-state index contributed by atoms with van der Waals surface area (Å²) in [5, 5.41) is 11.1. The smallest absolute Gasteiger partial charge is 0.241 e. The summed E-state index contributed by atoms with van der Waals surface area (Å²) in [7, 11) is -3.70. The zero-order chi connectivity index (χ0) is 14.3.